The summed E-state index contributed by atoms with van der Waals surface area (Å²) in [6.07, 6.45) is 3.25. The molecule has 0 atom stereocenters. The minimum atomic E-state index is -0.0471. The maximum atomic E-state index is 12.6. The van der Waals surface area contributed by atoms with Crippen LogP contribution in [0, 0.1) is 0 Å². The largest absolute Gasteiger partial charge is 0.302 e. The number of benzene rings is 1. The standard InChI is InChI=1S/C20H19N5OS2/c1-24-8-7-15-17(11-24)28-19(21-15)23-18(26)9-14-12-27-20-22-16(10-25(14)20)13-5-3-2-4-6-13/h2-6,10,12H,7-9,11H2,1H3,(H,21,23,26). The van der Waals surface area contributed by atoms with Crippen LogP contribution in [-0.2, 0) is 24.2 Å². The summed E-state index contributed by atoms with van der Waals surface area (Å²) in [6.45, 7) is 1.92. The van der Waals surface area contributed by atoms with Crippen molar-refractivity contribution in [1.82, 2.24) is 19.3 Å². The number of imidazole rings is 1. The van der Waals surface area contributed by atoms with Crippen LogP contribution in [0.4, 0.5) is 5.13 Å². The molecule has 1 N–H and O–H groups in total. The Morgan fingerprint density at radius 3 is 2.96 bits per heavy atom. The van der Waals surface area contributed by atoms with E-state index in [0.29, 0.717) is 11.6 Å². The summed E-state index contributed by atoms with van der Waals surface area (Å²) in [7, 11) is 2.11. The van der Waals surface area contributed by atoms with Crippen LogP contribution in [0.15, 0.2) is 41.9 Å². The van der Waals surface area contributed by atoms with E-state index in [1.54, 1.807) is 22.7 Å². The number of aromatic nitrogens is 3. The van der Waals surface area contributed by atoms with Gasteiger partial charge in [-0.1, -0.05) is 30.3 Å². The quantitative estimate of drug-likeness (QED) is 0.558. The Balaban J connectivity index is 1.33. The first kappa shape index (κ1) is 17.5. The Kier molecular flexibility index (Phi) is 4.46. The van der Waals surface area contributed by atoms with E-state index >= 15 is 0 Å². The molecule has 0 saturated carbocycles. The summed E-state index contributed by atoms with van der Waals surface area (Å²) in [5.41, 5.74) is 4.06. The number of hydrogen-bond donors (Lipinski definition) is 1. The average Bonchev–Trinajstić information content (AvgIpc) is 3.37. The van der Waals surface area contributed by atoms with Gasteiger partial charge in [0.15, 0.2) is 10.1 Å². The lowest BCUT2D eigenvalue weighted by Gasteiger charge is -2.20. The van der Waals surface area contributed by atoms with E-state index in [1.807, 2.05) is 46.3 Å². The van der Waals surface area contributed by atoms with Crippen LogP contribution >= 0.6 is 22.7 Å². The van der Waals surface area contributed by atoms with Gasteiger partial charge in [-0.3, -0.25) is 9.20 Å². The number of amides is 1. The molecule has 0 radical (unpaired) electrons. The summed E-state index contributed by atoms with van der Waals surface area (Å²) in [6, 6.07) is 10.1. The third-order valence-corrected chi connectivity index (χ3v) is 6.75. The second kappa shape index (κ2) is 7.12. The molecule has 1 amide bonds. The van der Waals surface area contributed by atoms with Gasteiger partial charge in [-0.2, -0.15) is 0 Å². The fourth-order valence-corrected chi connectivity index (χ4v) is 5.39. The maximum absolute atomic E-state index is 12.6. The number of carbonyl (C=O) groups is 1. The normalized spacial score (nSPS) is 14.3. The Labute approximate surface area is 170 Å². The van der Waals surface area contributed by atoms with E-state index in [-0.39, 0.29) is 5.91 Å². The molecule has 0 spiro atoms. The van der Waals surface area contributed by atoms with Crippen molar-refractivity contribution >= 4 is 38.7 Å². The van der Waals surface area contributed by atoms with Gasteiger partial charge in [0.25, 0.3) is 0 Å². The van der Waals surface area contributed by atoms with Crippen molar-refractivity contribution in [2.75, 3.05) is 18.9 Å². The van der Waals surface area contributed by atoms with Crippen LogP contribution in [0.1, 0.15) is 16.3 Å². The van der Waals surface area contributed by atoms with E-state index in [1.165, 1.54) is 4.88 Å². The number of nitrogens with one attached hydrogen (secondary N) is 1. The highest BCUT2D eigenvalue weighted by atomic mass is 32.1. The highest BCUT2D eigenvalue weighted by Crippen LogP contribution is 2.28. The lowest BCUT2D eigenvalue weighted by Crippen LogP contribution is -2.25. The molecule has 0 aliphatic carbocycles. The van der Waals surface area contributed by atoms with E-state index in [9.17, 15) is 4.79 Å². The molecule has 0 bridgehead atoms. The van der Waals surface area contributed by atoms with Gasteiger partial charge in [-0.05, 0) is 7.05 Å². The number of hydrogen-bond acceptors (Lipinski definition) is 6. The summed E-state index contributed by atoms with van der Waals surface area (Å²) in [5.74, 6) is -0.0471. The molecule has 0 fully saturated rings. The van der Waals surface area contributed by atoms with Crippen molar-refractivity contribution in [3.05, 3.63) is 58.2 Å². The van der Waals surface area contributed by atoms with E-state index in [2.05, 4.69) is 27.2 Å². The topological polar surface area (TPSA) is 62.5 Å². The van der Waals surface area contributed by atoms with Crippen LogP contribution in [0.3, 0.4) is 0 Å². The molecule has 142 valence electrons. The number of thiazole rings is 2. The lowest BCUT2D eigenvalue weighted by molar-refractivity contribution is -0.115. The fraction of sp³-hybridized carbons (Fsp3) is 0.250. The number of fused-ring (bicyclic) bond motifs is 2. The van der Waals surface area contributed by atoms with Gasteiger partial charge in [0.05, 0.1) is 17.8 Å². The van der Waals surface area contributed by atoms with Crippen LogP contribution in [0.25, 0.3) is 16.2 Å². The summed E-state index contributed by atoms with van der Waals surface area (Å²) in [4.78, 5) is 26.3. The van der Waals surface area contributed by atoms with Crippen molar-refractivity contribution in [3.63, 3.8) is 0 Å². The molecule has 4 aromatic rings. The minimum absolute atomic E-state index is 0.0471. The molecule has 8 heteroatoms. The predicted octanol–water partition coefficient (Wildman–Crippen LogP) is 3.69. The average molecular weight is 410 g/mol. The highest BCUT2D eigenvalue weighted by molar-refractivity contribution is 7.16. The molecular weight excluding hydrogens is 390 g/mol. The zero-order chi connectivity index (χ0) is 19.1. The molecule has 4 heterocycles. The number of likely N-dealkylation sites (N-methyl/N-ethyl adjacent to an activating group) is 1. The molecule has 3 aromatic heterocycles. The lowest BCUT2D eigenvalue weighted by atomic mass is 10.2. The van der Waals surface area contributed by atoms with Crippen molar-refractivity contribution in [2.24, 2.45) is 0 Å². The van der Waals surface area contributed by atoms with E-state index in [4.69, 9.17) is 0 Å². The zero-order valence-corrected chi connectivity index (χ0v) is 17.0. The molecule has 28 heavy (non-hydrogen) atoms. The smallest absolute Gasteiger partial charge is 0.232 e. The monoisotopic (exact) mass is 409 g/mol. The van der Waals surface area contributed by atoms with Gasteiger partial charge in [0.1, 0.15) is 0 Å². The molecule has 0 unspecified atom stereocenters. The van der Waals surface area contributed by atoms with Gasteiger partial charge in [-0.15, -0.1) is 22.7 Å². The summed E-state index contributed by atoms with van der Waals surface area (Å²) >= 11 is 3.14. The van der Waals surface area contributed by atoms with Crippen molar-refractivity contribution in [3.8, 4) is 11.3 Å². The Hall–Kier alpha value is -2.55. The molecule has 1 aliphatic heterocycles. The first-order chi connectivity index (χ1) is 13.7. The fourth-order valence-electron chi connectivity index (χ4n) is 3.41. The molecule has 1 aliphatic rings. The van der Waals surface area contributed by atoms with Gasteiger partial charge in [0, 0.05) is 47.2 Å². The third kappa shape index (κ3) is 3.34. The SMILES string of the molecule is CN1CCc2nc(NC(=O)Cc3csc4nc(-c5ccccc5)cn34)sc2C1. The number of carbonyl (C=O) groups excluding carboxylic acids is 1. The number of anilines is 1. The minimum Gasteiger partial charge on any atom is -0.302 e. The second-order valence-corrected chi connectivity index (χ2v) is 8.89. The Morgan fingerprint density at radius 1 is 1.25 bits per heavy atom. The number of rotatable bonds is 4. The summed E-state index contributed by atoms with van der Waals surface area (Å²) < 4.78 is 2.01. The van der Waals surface area contributed by atoms with Gasteiger partial charge >= 0.3 is 0 Å². The van der Waals surface area contributed by atoms with E-state index in [0.717, 1.165) is 47.1 Å². The van der Waals surface area contributed by atoms with Crippen molar-refractivity contribution in [2.45, 2.75) is 19.4 Å². The van der Waals surface area contributed by atoms with Crippen LogP contribution in [0.2, 0.25) is 0 Å². The highest BCUT2D eigenvalue weighted by Gasteiger charge is 2.20. The third-order valence-electron chi connectivity index (χ3n) is 4.86. The first-order valence-corrected chi connectivity index (χ1v) is 10.8. The zero-order valence-electron chi connectivity index (χ0n) is 15.4. The Bertz CT molecular complexity index is 1140. The first-order valence-electron chi connectivity index (χ1n) is 9.13. The molecule has 0 saturated heterocycles. The van der Waals surface area contributed by atoms with Crippen molar-refractivity contribution < 1.29 is 4.79 Å². The molecule has 5 rings (SSSR count). The maximum Gasteiger partial charge on any atom is 0.232 e. The van der Waals surface area contributed by atoms with Crippen LogP contribution in [-0.4, -0.2) is 38.8 Å². The molecule has 1 aromatic carbocycles. The van der Waals surface area contributed by atoms with Gasteiger partial charge in [0.2, 0.25) is 5.91 Å². The molecule has 6 nitrogen and oxygen atoms in total. The number of nitrogens with zero attached hydrogens (tertiary/aromatic N) is 4. The van der Waals surface area contributed by atoms with Crippen molar-refractivity contribution in [1.29, 1.82) is 0 Å². The Morgan fingerprint density at radius 2 is 2.11 bits per heavy atom. The predicted molar refractivity (Wildman–Crippen MR) is 113 cm³/mol. The second-order valence-electron chi connectivity index (χ2n) is 6.97. The van der Waals surface area contributed by atoms with Gasteiger partial charge < -0.3 is 10.2 Å². The van der Waals surface area contributed by atoms with Crippen LogP contribution in [0.5, 0.6) is 0 Å². The van der Waals surface area contributed by atoms with E-state index < -0.39 is 0 Å². The van der Waals surface area contributed by atoms with Gasteiger partial charge in [-0.25, -0.2) is 9.97 Å². The summed E-state index contributed by atoms with van der Waals surface area (Å²) in [5, 5.41) is 5.68. The molecular formula is C20H19N5OS2. The van der Waals surface area contributed by atoms with Crippen LogP contribution < -0.4 is 5.32 Å².